The lowest BCUT2D eigenvalue weighted by atomic mass is 10.0. The Kier molecular flexibility index (Phi) is 7.34. The monoisotopic (exact) mass is 479 g/mol. The van der Waals surface area contributed by atoms with Gasteiger partial charge in [-0.3, -0.25) is 9.69 Å². The molecule has 0 bridgehead atoms. The Labute approximate surface area is 207 Å². The van der Waals surface area contributed by atoms with Crippen LogP contribution in [0.2, 0.25) is 5.02 Å². The molecule has 180 valence electrons. The highest BCUT2D eigenvalue weighted by Gasteiger charge is 2.27. The van der Waals surface area contributed by atoms with Crippen LogP contribution in [0.1, 0.15) is 48.2 Å². The van der Waals surface area contributed by atoms with Crippen molar-refractivity contribution in [2.75, 3.05) is 31.1 Å². The third-order valence-electron chi connectivity index (χ3n) is 6.55. The minimum absolute atomic E-state index is 0.0473. The first-order valence-corrected chi connectivity index (χ1v) is 12.3. The van der Waals surface area contributed by atoms with Crippen molar-refractivity contribution < 1.29 is 9.21 Å². The van der Waals surface area contributed by atoms with Gasteiger partial charge in [0.15, 0.2) is 5.76 Å². The Balaban J connectivity index is 1.40. The highest BCUT2D eigenvalue weighted by molar-refractivity contribution is 6.33. The number of hydrogen-bond acceptors (Lipinski definition) is 4. The molecule has 1 amide bonds. The average Bonchev–Trinajstić information content (AvgIpc) is 3.28. The summed E-state index contributed by atoms with van der Waals surface area (Å²) in [5.41, 5.74) is 3.56. The van der Waals surface area contributed by atoms with Crippen LogP contribution in [0.15, 0.2) is 65.1 Å². The summed E-state index contributed by atoms with van der Waals surface area (Å²) < 4.78 is 6.06. The van der Waals surface area contributed by atoms with Gasteiger partial charge in [-0.2, -0.15) is 0 Å². The van der Waals surface area contributed by atoms with Gasteiger partial charge >= 0.3 is 0 Å². The smallest absolute Gasteiger partial charge is 0.289 e. The number of carbonyl (C=O) groups is 1. The minimum atomic E-state index is -0.0497. The van der Waals surface area contributed by atoms with Crippen molar-refractivity contribution >= 4 is 23.2 Å². The number of benzene rings is 2. The summed E-state index contributed by atoms with van der Waals surface area (Å²) in [5, 5.41) is 0.743. The molecule has 34 heavy (non-hydrogen) atoms. The van der Waals surface area contributed by atoms with Crippen LogP contribution in [-0.2, 0) is 13.1 Å². The van der Waals surface area contributed by atoms with Gasteiger partial charge in [0.1, 0.15) is 5.76 Å². The van der Waals surface area contributed by atoms with Crippen LogP contribution in [-0.4, -0.2) is 47.4 Å². The Hall–Kier alpha value is -2.76. The van der Waals surface area contributed by atoms with Crippen molar-refractivity contribution in [2.24, 2.45) is 0 Å². The topological polar surface area (TPSA) is 39.9 Å². The second-order valence-electron chi connectivity index (χ2n) is 9.95. The van der Waals surface area contributed by atoms with Crippen LogP contribution in [0.4, 0.5) is 5.69 Å². The number of furan rings is 1. The Morgan fingerprint density at radius 2 is 1.62 bits per heavy atom. The van der Waals surface area contributed by atoms with Gasteiger partial charge in [-0.1, -0.05) is 48.0 Å². The first-order valence-electron chi connectivity index (χ1n) is 11.9. The maximum Gasteiger partial charge on any atom is 0.289 e. The molecule has 0 radical (unpaired) electrons. The lowest BCUT2D eigenvalue weighted by Crippen LogP contribution is -2.48. The molecule has 0 atom stereocenters. The zero-order valence-corrected chi connectivity index (χ0v) is 21.3. The van der Waals surface area contributed by atoms with Crippen molar-refractivity contribution in [3.63, 3.8) is 0 Å². The summed E-state index contributed by atoms with van der Waals surface area (Å²) in [7, 11) is 0. The standard InChI is InChI=1S/C28H34ClN3O2/c1-21-9-5-6-10-22(21)19-32(28(2,3)4)20-23-13-14-26(34-23)27(33)31-17-15-30(16-18-31)25-12-8-7-11-24(25)29/h5-14H,15-20H2,1-4H3. The van der Waals surface area contributed by atoms with Gasteiger partial charge < -0.3 is 14.2 Å². The molecule has 0 spiro atoms. The van der Waals surface area contributed by atoms with Crippen molar-refractivity contribution in [3.05, 3.63) is 88.3 Å². The van der Waals surface area contributed by atoms with E-state index in [4.69, 9.17) is 16.0 Å². The molecule has 0 aliphatic carbocycles. The molecule has 5 nitrogen and oxygen atoms in total. The average molecular weight is 480 g/mol. The van der Waals surface area contributed by atoms with Crippen molar-refractivity contribution in [1.82, 2.24) is 9.80 Å². The first kappa shape index (κ1) is 24.4. The summed E-state index contributed by atoms with van der Waals surface area (Å²) in [6.45, 7) is 13.0. The predicted molar refractivity (Wildman–Crippen MR) is 138 cm³/mol. The summed E-state index contributed by atoms with van der Waals surface area (Å²) in [5.74, 6) is 1.17. The maximum atomic E-state index is 13.1. The zero-order chi connectivity index (χ0) is 24.3. The number of para-hydroxylation sites is 1. The molecule has 0 N–H and O–H groups in total. The van der Waals surface area contributed by atoms with E-state index in [1.807, 2.05) is 41.3 Å². The molecular weight excluding hydrogens is 446 g/mol. The van der Waals surface area contributed by atoms with Crippen LogP contribution in [0.5, 0.6) is 0 Å². The molecule has 1 saturated heterocycles. The Bertz CT molecular complexity index is 1130. The normalized spacial score (nSPS) is 14.6. The van der Waals surface area contributed by atoms with Gasteiger partial charge in [-0.05, 0) is 63.1 Å². The predicted octanol–water partition coefficient (Wildman–Crippen LogP) is 6.00. The fourth-order valence-electron chi connectivity index (χ4n) is 4.30. The van der Waals surface area contributed by atoms with E-state index in [-0.39, 0.29) is 11.4 Å². The second kappa shape index (κ2) is 10.2. The lowest BCUT2D eigenvalue weighted by molar-refractivity contribution is 0.0704. The number of halogens is 1. The van der Waals surface area contributed by atoms with Crippen LogP contribution < -0.4 is 4.90 Å². The fourth-order valence-corrected chi connectivity index (χ4v) is 4.56. The van der Waals surface area contributed by atoms with Gasteiger partial charge in [-0.15, -0.1) is 0 Å². The number of anilines is 1. The highest BCUT2D eigenvalue weighted by atomic mass is 35.5. The zero-order valence-electron chi connectivity index (χ0n) is 20.6. The maximum absolute atomic E-state index is 13.1. The molecule has 3 aromatic rings. The van der Waals surface area contributed by atoms with E-state index in [1.165, 1.54) is 11.1 Å². The lowest BCUT2D eigenvalue weighted by Gasteiger charge is -2.36. The Morgan fingerprint density at radius 1 is 0.941 bits per heavy atom. The van der Waals surface area contributed by atoms with Gasteiger partial charge in [-0.25, -0.2) is 0 Å². The minimum Gasteiger partial charge on any atom is -0.455 e. The number of hydrogen-bond donors (Lipinski definition) is 0. The summed E-state index contributed by atoms with van der Waals surface area (Å²) in [4.78, 5) is 19.6. The molecule has 2 aromatic carbocycles. The molecule has 1 aliphatic rings. The molecule has 0 unspecified atom stereocenters. The number of amides is 1. The number of nitrogens with zero attached hydrogens (tertiary/aromatic N) is 3. The van der Waals surface area contributed by atoms with E-state index in [0.717, 1.165) is 36.1 Å². The summed E-state index contributed by atoms with van der Waals surface area (Å²) in [6, 6.07) is 20.1. The van der Waals surface area contributed by atoms with Crippen molar-refractivity contribution in [1.29, 1.82) is 0 Å². The molecule has 0 saturated carbocycles. The van der Waals surface area contributed by atoms with Gasteiger partial charge in [0.2, 0.25) is 0 Å². The number of aryl methyl sites for hydroxylation is 1. The van der Waals surface area contributed by atoms with Crippen LogP contribution in [0.25, 0.3) is 0 Å². The van der Waals surface area contributed by atoms with Crippen LogP contribution in [0, 0.1) is 6.92 Å². The number of carbonyl (C=O) groups excluding carboxylic acids is 1. The van der Waals surface area contributed by atoms with Crippen molar-refractivity contribution in [2.45, 2.75) is 46.3 Å². The van der Waals surface area contributed by atoms with Crippen LogP contribution >= 0.6 is 11.6 Å². The molecule has 6 heteroatoms. The largest absolute Gasteiger partial charge is 0.455 e. The van der Waals surface area contributed by atoms with E-state index >= 15 is 0 Å². The summed E-state index contributed by atoms with van der Waals surface area (Å²) in [6.07, 6.45) is 0. The van der Waals surface area contributed by atoms with E-state index in [2.05, 4.69) is 61.8 Å². The molecular formula is C28H34ClN3O2. The summed E-state index contributed by atoms with van der Waals surface area (Å²) >= 11 is 6.35. The van der Waals surface area contributed by atoms with Gasteiger partial charge in [0, 0.05) is 38.3 Å². The molecule has 4 rings (SSSR count). The van der Waals surface area contributed by atoms with E-state index in [0.29, 0.717) is 25.4 Å². The van der Waals surface area contributed by atoms with E-state index < -0.39 is 0 Å². The second-order valence-corrected chi connectivity index (χ2v) is 10.4. The molecule has 1 aliphatic heterocycles. The number of rotatable bonds is 6. The molecule has 1 aromatic heterocycles. The molecule has 1 fully saturated rings. The SMILES string of the molecule is Cc1ccccc1CN(Cc1ccc(C(=O)N2CCN(c3ccccc3Cl)CC2)o1)C(C)(C)C. The van der Waals surface area contributed by atoms with E-state index in [1.54, 1.807) is 0 Å². The Morgan fingerprint density at radius 3 is 2.29 bits per heavy atom. The number of piperazine rings is 1. The van der Waals surface area contributed by atoms with Gasteiger partial charge in [0.25, 0.3) is 5.91 Å². The first-order chi connectivity index (χ1) is 16.2. The quantitative estimate of drug-likeness (QED) is 0.434. The third kappa shape index (κ3) is 5.65. The highest BCUT2D eigenvalue weighted by Crippen LogP contribution is 2.27. The van der Waals surface area contributed by atoms with Crippen LogP contribution in [0.3, 0.4) is 0 Å². The van der Waals surface area contributed by atoms with Gasteiger partial charge in [0.05, 0.1) is 17.3 Å². The fraction of sp³-hybridized carbons (Fsp3) is 0.393. The van der Waals surface area contributed by atoms with Crippen molar-refractivity contribution in [3.8, 4) is 0 Å². The van der Waals surface area contributed by atoms with E-state index in [9.17, 15) is 4.79 Å². The third-order valence-corrected chi connectivity index (χ3v) is 6.87. The molecule has 2 heterocycles.